The van der Waals surface area contributed by atoms with Crippen LogP contribution in [0.15, 0.2) is 48.5 Å². The fourth-order valence-electron chi connectivity index (χ4n) is 3.52. The van der Waals surface area contributed by atoms with Crippen molar-refractivity contribution < 1.29 is 9.50 Å². The second-order valence-corrected chi connectivity index (χ2v) is 8.70. The summed E-state index contributed by atoms with van der Waals surface area (Å²) >= 11 is 0. The number of aromatic nitrogens is 4. The molecule has 2 heterocycles. The average Bonchev–Trinajstić information content (AvgIpc) is 3.12. The molecule has 4 rings (SSSR count). The lowest BCUT2D eigenvalue weighted by molar-refractivity contribution is 0.0708. The largest absolute Gasteiger partial charge is 0.390 e. The van der Waals surface area contributed by atoms with E-state index in [2.05, 4.69) is 4.98 Å². The molecule has 0 aliphatic heterocycles. The quantitative estimate of drug-likeness (QED) is 0.389. The third-order valence-electron chi connectivity index (χ3n) is 5.25. The molecule has 0 saturated heterocycles. The molecule has 0 saturated carbocycles. The van der Waals surface area contributed by atoms with Gasteiger partial charge in [-0.15, -0.1) is 24.8 Å². The van der Waals surface area contributed by atoms with Gasteiger partial charge in [-0.05, 0) is 56.7 Å². The van der Waals surface area contributed by atoms with E-state index in [0.29, 0.717) is 41.2 Å². The van der Waals surface area contributed by atoms with E-state index in [0.717, 1.165) is 11.4 Å². The summed E-state index contributed by atoms with van der Waals surface area (Å²) in [5.41, 5.74) is 8.88. The van der Waals surface area contributed by atoms with Crippen LogP contribution in [0.5, 0.6) is 0 Å². The molecule has 10 heteroatoms. The second-order valence-electron chi connectivity index (χ2n) is 8.70. The summed E-state index contributed by atoms with van der Waals surface area (Å²) in [6, 6.07) is 14.2. The van der Waals surface area contributed by atoms with Crippen LogP contribution in [0, 0.1) is 5.82 Å². The first kappa shape index (κ1) is 27.3. The van der Waals surface area contributed by atoms with Gasteiger partial charge in [-0.3, -0.25) is 4.57 Å². The van der Waals surface area contributed by atoms with Crippen LogP contribution in [0.3, 0.4) is 0 Å². The number of benzene rings is 2. The number of nitrogens with zero attached hydrogens (tertiary/aromatic N) is 5. The second kappa shape index (κ2) is 10.5. The minimum atomic E-state index is -0.845. The molecule has 0 fully saturated rings. The number of hydrogen-bond donors (Lipinski definition) is 2. The molecule has 0 bridgehead atoms. The SMILES string of the molecule is CN(C)c1ccc(-n2c(-c3cccc(F)c3)nc3c(N)nc(CCC(C)(C)O)nc32)cc1.Cl.Cl. The average molecular weight is 507 g/mol. The summed E-state index contributed by atoms with van der Waals surface area (Å²) in [4.78, 5) is 15.8. The molecular formula is C24H29Cl2FN6O. The number of aliphatic hydroxyl groups is 1. The smallest absolute Gasteiger partial charge is 0.170 e. The molecule has 0 aliphatic rings. The summed E-state index contributed by atoms with van der Waals surface area (Å²) in [6.07, 6.45) is 0.948. The van der Waals surface area contributed by atoms with Crippen LogP contribution in [0.25, 0.3) is 28.2 Å². The van der Waals surface area contributed by atoms with E-state index in [-0.39, 0.29) is 36.4 Å². The lowest BCUT2D eigenvalue weighted by Crippen LogP contribution is -2.20. The maximum absolute atomic E-state index is 14.0. The van der Waals surface area contributed by atoms with E-state index >= 15 is 0 Å². The lowest BCUT2D eigenvalue weighted by Gasteiger charge is -2.16. The molecule has 2 aromatic heterocycles. The van der Waals surface area contributed by atoms with Crippen molar-refractivity contribution in [2.75, 3.05) is 24.7 Å². The van der Waals surface area contributed by atoms with Crippen LogP contribution in [-0.4, -0.2) is 44.3 Å². The van der Waals surface area contributed by atoms with Crippen LogP contribution >= 0.6 is 24.8 Å². The van der Waals surface area contributed by atoms with Crippen LogP contribution < -0.4 is 10.6 Å². The minimum absolute atomic E-state index is 0. The topological polar surface area (TPSA) is 93.1 Å². The minimum Gasteiger partial charge on any atom is -0.390 e. The van der Waals surface area contributed by atoms with Crippen molar-refractivity contribution in [3.8, 4) is 17.1 Å². The van der Waals surface area contributed by atoms with Crippen LogP contribution in [0.4, 0.5) is 15.9 Å². The Labute approximate surface area is 210 Å². The highest BCUT2D eigenvalue weighted by molar-refractivity contribution is 5.87. The maximum Gasteiger partial charge on any atom is 0.170 e. The van der Waals surface area contributed by atoms with Crippen molar-refractivity contribution in [2.24, 2.45) is 0 Å². The monoisotopic (exact) mass is 506 g/mol. The van der Waals surface area contributed by atoms with Gasteiger partial charge in [0, 0.05) is 37.5 Å². The van der Waals surface area contributed by atoms with Crippen LogP contribution in [0.2, 0.25) is 0 Å². The number of fused-ring (bicyclic) bond motifs is 1. The number of rotatable bonds is 6. The first-order valence-electron chi connectivity index (χ1n) is 10.4. The molecule has 34 heavy (non-hydrogen) atoms. The molecule has 0 aliphatic carbocycles. The Morgan fingerprint density at radius 2 is 1.71 bits per heavy atom. The summed E-state index contributed by atoms with van der Waals surface area (Å²) in [5, 5.41) is 10.1. The molecule has 4 aromatic rings. The van der Waals surface area contributed by atoms with Gasteiger partial charge >= 0.3 is 0 Å². The third kappa shape index (κ3) is 5.75. The molecule has 0 unspecified atom stereocenters. The van der Waals surface area contributed by atoms with Crippen LogP contribution in [-0.2, 0) is 6.42 Å². The highest BCUT2D eigenvalue weighted by Crippen LogP contribution is 2.31. The highest BCUT2D eigenvalue weighted by atomic mass is 35.5. The predicted octanol–water partition coefficient (Wildman–Crippen LogP) is 4.82. The van der Waals surface area contributed by atoms with Gasteiger partial charge < -0.3 is 15.7 Å². The summed E-state index contributed by atoms with van der Waals surface area (Å²) in [6.45, 7) is 3.49. The zero-order valence-electron chi connectivity index (χ0n) is 19.5. The van der Waals surface area contributed by atoms with E-state index in [9.17, 15) is 9.50 Å². The summed E-state index contributed by atoms with van der Waals surface area (Å²) < 4.78 is 15.9. The molecule has 0 spiro atoms. The van der Waals surface area contributed by atoms with E-state index in [4.69, 9.17) is 15.7 Å². The predicted molar refractivity (Wildman–Crippen MR) is 140 cm³/mol. The maximum atomic E-state index is 14.0. The molecule has 0 atom stereocenters. The van der Waals surface area contributed by atoms with Crippen molar-refractivity contribution >= 4 is 47.5 Å². The molecule has 0 amide bonds. The van der Waals surface area contributed by atoms with Crippen molar-refractivity contribution in [3.05, 3.63) is 60.2 Å². The zero-order chi connectivity index (χ0) is 23.0. The van der Waals surface area contributed by atoms with E-state index < -0.39 is 5.60 Å². The molecule has 3 N–H and O–H groups in total. The fourth-order valence-corrected chi connectivity index (χ4v) is 3.52. The van der Waals surface area contributed by atoms with Gasteiger partial charge in [0.1, 0.15) is 17.5 Å². The van der Waals surface area contributed by atoms with Crippen molar-refractivity contribution in [1.82, 2.24) is 19.5 Å². The Kier molecular flexibility index (Phi) is 8.47. The number of nitrogens with two attached hydrogens (primary N) is 1. The Bertz CT molecular complexity index is 1270. The lowest BCUT2D eigenvalue weighted by atomic mass is 10.0. The molecule has 0 radical (unpaired) electrons. The number of imidazole rings is 1. The Hall–Kier alpha value is -2.94. The first-order valence-corrected chi connectivity index (χ1v) is 10.4. The molecule has 7 nitrogen and oxygen atoms in total. The summed E-state index contributed by atoms with van der Waals surface area (Å²) in [7, 11) is 3.95. The van der Waals surface area contributed by atoms with E-state index in [1.807, 2.05) is 47.8 Å². The van der Waals surface area contributed by atoms with Crippen molar-refractivity contribution in [3.63, 3.8) is 0 Å². The molecule has 2 aromatic carbocycles. The standard InChI is InChI=1S/C24H27FN6O.2ClH/c1-24(2,32)13-12-19-27-21(26)20-23(28-19)31(18-10-8-17(9-11-18)30(3)4)22(29-20)15-6-5-7-16(25)14-15;;/h5-11,14,32H,12-13H2,1-4H3,(H2,26,27,28);2*1H. The zero-order valence-corrected chi connectivity index (χ0v) is 21.1. The Morgan fingerprint density at radius 3 is 2.29 bits per heavy atom. The highest BCUT2D eigenvalue weighted by Gasteiger charge is 2.21. The normalized spacial score (nSPS) is 11.1. The van der Waals surface area contributed by atoms with Gasteiger partial charge in [-0.2, -0.15) is 0 Å². The Morgan fingerprint density at radius 1 is 1.03 bits per heavy atom. The van der Waals surface area contributed by atoms with Gasteiger partial charge in [0.05, 0.1) is 5.60 Å². The fraction of sp³-hybridized carbons (Fsp3) is 0.292. The molecular weight excluding hydrogens is 478 g/mol. The number of hydrogen-bond acceptors (Lipinski definition) is 6. The third-order valence-corrected chi connectivity index (χ3v) is 5.25. The van der Waals surface area contributed by atoms with Gasteiger partial charge in [-0.1, -0.05) is 12.1 Å². The van der Waals surface area contributed by atoms with Gasteiger partial charge in [0.2, 0.25) is 0 Å². The summed E-state index contributed by atoms with van der Waals surface area (Å²) in [5.74, 6) is 0.947. The first-order chi connectivity index (χ1) is 15.1. The number of halogens is 3. The van der Waals surface area contributed by atoms with Crippen molar-refractivity contribution in [1.29, 1.82) is 0 Å². The number of anilines is 2. The van der Waals surface area contributed by atoms with E-state index in [1.165, 1.54) is 12.1 Å². The van der Waals surface area contributed by atoms with E-state index in [1.54, 1.807) is 26.0 Å². The van der Waals surface area contributed by atoms with Crippen LogP contribution in [0.1, 0.15) is 26.1 Å². The number of nitrogen functional groups attached to an aromatic ring is 1. The van der Waals surface area contributed by atoms with Gasteiger partial charge in [-0.25, -0.2) is 19.3 Å². The Balaban J connectivity index is 0.00000204. The van der Waals surface area contributed by atoms with Gasteiger partial charge in [0.25, 0.3) is 0 Å². The van der Waals surface area contributed by atoms with Gasteiger partial charge in [0.15, 0.2) is 17.0 Å². The molecule has 182 valence electrons. The van der Waals surface area contributed by atoms with Crippen molar-refractivity contribution in [2.45, 2.75) is 32.3 Å². The number of aryl methyl sites for hydroxylation is 1.